The molecular weight excluding hydrogens is 270 g/mol. The highest BCUT2D eigenvalue weighted by Gasteiger charge is 2.16. The van der Waals surface area contributed by atoms with Crippen LogP contribution in [0.4, 0.5) is 5.00 Å². The molecule has 1 amide bonds. The number of anilines is 1. The molecule has 8 heteroatoms. The van der Waals surface area contributed by atoms with Gasteiger partial charge in [0.2, 0.25) is 5.91 Å². The van der Waals surface area contributed by atoms with Gasteiger partial charge in [0.1, 0.15) is 5.00 Å². The summed E-state index contributed by atoms with van der Waals surface area (Å²) in [6, 6.07) is 0. The number of hydrogen-bond donors (Lipinski definition) is 2. The van der Waals surface area contributed by atoms with E-state index in [2.05, 4.69) is 15.6 Å². The van der Waals surface area contributed by atoms with Gasteiger partial charge in [-0.05, 0) is 6.92 Å². The monoisotopic (exact) mass is 287 g/mol. The minimum absolute atomic E-state index is 0.0678. The van der Waals surface area contributed by atoms with E-state index in [9.17, 15) is 9.59 Å². The summed E-state index contributed by atoms with van der Waals surface area (Å²) in [7, 11) is 1.56. The Morgan fingerprint density at radius 3 is 2.95 bits per heavy atom. The van der Waals surface area contributed by atoms with E-state index >= 15 is 0 Å². The van der Waals surface area contributed by atoms with E-state index in [1.807, 2.05) is 0 Å². The highest BCUT2D eigenvalue weighted by molar-refractivity contribution is 7.14. The number of rotatable bonds is 8. The van der Waals surface area contributed by atoms with E-state index in [1.165, 1.54) is 16.8 Å². The van der Waals surface area contributed by atoms with Crippen molar-refractivity contribution < 1.29 is 19.1 Å². The Hall–Kier alpha value is -1.67. The normalized spacial score (nSPS) is 10.0. The number of carbonyl (C=O) groups excluding carboxylic acids is 2. The minimum atomic E-state index is -0.494. The molecule has 0 atom stereocenters. The summed E-state index contributed by atoms with van der Waals surface area (Å²) in [5, 5.41) is 6.05. The average Bonchev–Trinajstić information content (AvgIpc) is 2.85. The highest BCUT2D eigenvalue weighted by atomic mass is 32.1. The molecule has 7 nitrogen and oxygen atoms in total. The second-order valence-corrected chi connectivity index (χ2v) is 4.30. The molecular formula is C11H17N3O4S. The van der Waals surface area contributed by atoms with Gasteiger partial charge in [-0.1, -0.05) is 0 Å². The third-order valence-electron chi connectivity index (χ3n) is 2.07. The minimum Gasteiger partial charge on any atom is -0.461 e. The maximum atomic E-state index is 11.5. The smallest absolute Gasteiger partial charge is 0.360 e. The molecule has 0 fully saturated rings. The second-order valence-electron chi connectivity index (χ2n) is 3.45. The summed E-state index contributed by atoms with van der Waals surface area (Å²) < 4.78 is 9.68. The molecule has 0 saturated carbocycles. The summed E-state index contributed by atoms with van der Waals surface area (Å²) in [4.78, 5) is 26.9. The molecule has 0 saturated heterocycles. The van der Waals surface area contributed by atoms with Crippen molar-refractivity contribution in [2.75, 3.05) is 38.7 Å². The van der Waals surface area contributed by atoms with Crippen LogP contribution in [0.2, 0.25) is 0 Å². The van der Waals surface area contributed by atoms with Gasteiger partial charge < -0.3 is 20.1 Å². The van der Waals surface area contributed by atoms with Crippen LogP contribution in [0.3, 0.4) is 0 Å². The van der Waals surface area contributed by atoms with Gasteiger partial charge in [0, 0.05) is 13.7 Å². The molecule has 0 bridgehead atoms. The van der Waals surface area contributed by atoms with Crippen LogP contribution in [0, 0.1) is 0 Å². The van der Waals surface area contributed by atoms with E-state index in [0.717, 1.165) is 0 Å². The Morgan fingerprint density at radius 2 is 2.26 bits per heavy atom. The van der Waals surface area contributed by atoms with Crippen LogP contribution in [-0.4, -0.2) is 50.3 Å². The second kappa shape index (κ2) is 8.44. The number of ether oxygens (including phenoxy) is 2. The summed E-state index contributed by atoms with van der Waals surface area (Å²) in [5.41, 5.74) is 1.73. The van der Waals surface area contributed by atoms with Crippen LogP contribution in [0.15, 0.2) is 5.51 Å². The number of nitrogens with zero attached hydrogens (tertiary/aromatic N) is 1. The average molecular weight is 287 g/mol. The number of carbonyl (C=O) groups is 2. The van der Waals surface area contributed by atoms with Crippen molar-refractivity contribution in [3.63, 3.8) is 0 Å². The van der Waals surface area contributed by atoms with E-state index in [0.29, 0.717) is 18.2 Å². The Morgan fingerprint density at radius 1 is 1.47 bits per heavy atom. The number of amides is 1. The topological polar surface area (TPSA) is 89.5 Å². The zero-order valence-corrected chi connectivity index (χ0v) is 11.7. The van der Waals surface area contributed by atoms with Gasteiger partial charge in [-0.25, -0.2) is 9.78 Å². The molecule has 0 aliphatic rings. The fourth-order valence-corrected chi connectivity index (χ4v) is 1.90. The predicted octanol–water partition coefficient (Wildman–Crippen LogP) is 0.494. The lowest BCUT2D eigenvalue weighted by Crippen LogP contribution is -2.32. The molecule has 1 aromatic rings. The molecule has 0 spiro atoms. The molecule has 1 heterocycles. The van der Waals surface area contributed by atoms with Crippen LogP contribution in [0.5, 0.6) is 0 Å². The Kier molecular flexibility index (Phi) is 6.83. The lowest BCUT2D eigenvalue weighted by Gasteiger charge is -2.07. The van der Waals surface area contributed by atoms with E-state index in [1.54, 1.807) is 14.0 Å². The summed E-state index contributed by atoms with van der Waals surface area (Å²) in [6.45, 7) is 2.98. The Balaban J connectivity index is 2.43. The van der Waals surface area contributed by atoms with Crippen molar-refractivity contribution in [3.8, 4) is 0 Å². The third-order valence-corrected chi connectivity index (χ3v) is 2.86. The third kappa shape index (κ3) is 5.23. The van der Waals surface area contributed by atoms with Crippen molar-refractivity contribution in [2.45, 2.75) is 6.92 Å². The first kappa shape index (κ1) is 15.4. The van der Waals surface area contributed by atoms with Crippen molar-refractivity contribution in [1.82, 2.24) is 10.3 Å². The predicted molar refractivity (Wildman–Crippen MR) is 71.4 cm³/mol. The molecule has 0 aromatic carbocycles. The number of esters is 1. The van der Waals surface area contributed by atoms with Crippen LogP contribution >= 0.6 is 11.3 Å². The first-order valence-electron chi connectivity index (χ1n) is 5.79. The molecule has 0 aliphatic heterocycles. The fourth-order valence-electron chi connectivity index (χ4n) is 1.23. The summed E-state index contributed by atoms with van der Waals surface area (Å²) >= 11 is 1.25. The summed E-state index contributed by atoms with van der Waals surface area (Å²) in [5.74, 6) is -0.675. The van der Waals surface area contributed by atoms with Crippen LogP contribution in [0.25, 0.3) is 0 Å². The van der Waals surface area contributed by atoms with Gasteiger partial charge >= 0.3 is 5.97 Å². The molecule has 19 heavy (non-hydrogen) atoms. The molecule has 1 rings (SSSR count). The van der Waals surface area contributed by atoms with Crippen LogP contribution in [0.1, 0.15) is 17.4 Å². The van der Waals surface area contributed by atoms with E-state index in [-0.39, 0.29) is 24.8 Å². The lowest BCUT2D eigenvalue weighted by molar-refractivity contribution is -0.119. The first-order chi connectivity index (χ1) is 9.19. The van der Waals surface area contributed by atoms with Gasteiger partial charge in [-0.3, -0.25) is 4.79 Å². The highest BCUT2D eigenvalue weighted by Crippen LogP contribution is 2.20. The zero-order chi connectivity index (χ0) is 14.1. The largest absolute Gasteiger partial charge is 0.461 e. The van der Waals surface area contributed by atoms with Crippen molar-refractivity contribution >= 4 is 28.2 Å². The molecule has 0 aliphatic carbocycles. The van der Waals surface area contributed by atoms with Gasteiger partial charge in [0.25, 0.3) is 0 Å². The maximum absolute atomic E-state index is 11.5. The lowest BCUT2D eigenvalue weighted by atomic mass is 10.4. The van der Waals surface area contributed by atoms with Gasteiger partial charge in [-0.15, -0.1) is 11.3 Å². The SMILES string of the molecule is CCOC(=O)c1ncsc1NCC(=O)NCCOC. The molecule has 1 aromatic heterocycles. The quantitative estimate of drug-likeness (QED) is 0.534. The molecule has 2 N–H and O–H groups in total. The molecule has 106 valence electrons. The Labute approximate surface area is 115 Å². The van der Waals surface area contributed by atoms with Crippen molar-refractivity contribution in [1.29, 1.82) is 0 Å². The van der Waals surface area contributed by atoms with E-state index < -0.39 is 5.97 Å². The molecule has 0 radical (unpaired) electrons. The van der Waals surface area contributed by atoms with Crippen LogP contribution < -0.4 is 10.6 Å². The number of aromatic nitrogens is 1. The van der Waals surface area contributed by atoms with Crippen molar-refractivity contribution in [3.05, 3.63) is 11.2 Å². The Bertz CT molecular complexity index is 422. The van der Waals surface area contributed by atoms with Gasteiger partial charge in [-0.2, -0.15) is 0 Å². The van der Waals surface area contributed by atoms with Crippen LogP contribution in [-0.2, 0) is 14.3 Å². The number of nitrogens with one attached hydrogen (secondary N) is 2. The summed E-state index contributed by atoms with van der Waals surface area (Å²) in [6.07, 6.45) is 0. The van der Waals surface area contributed by atoms with Crippen molar-refractivity contribution in [2.24, 2.45) is 0 Å². The standard InChI is InChI=1S/C11H17N3O4S/c1-3-18-11(16)9-10(19-7-14-9)13-6-8(15)12-4-5-17-2/h7,13H,3-6H2,1-2H3,(H,12,15). The fraction of sp³-hybridized carbons (Fsp3) is 0.545. The first-order valence-corrected chi connectivity index (χ1v) is 6.67. The van der Waals surface area contributed by atoms with Gasteiger partial charge in [0.05, 0.1) is 25.3 Å². The van der Waals surface area contributed by atoms with E-state index in [4.69, 9.17) is 9.47 Å². The number of hydrogen-bond acceptors (Lipinski definition) is 7. The van der Waals surface area contributed by atoms with Gasteiger partial charge in [0.15, 0.2) is 5.69 Å². The number of thiazole rings is 1. The maximum Gasteiger partial charge on any atom is 0.360 e. The zero-order valence-electron chi connectivity index (χ0n) is 10.9. The number of methoxy groups -OCH3 is 1. The molecule has 0 unspecified atom stereocenters.